The fraction of sp³-hybridized carbons (Fsp3) is 0.312. The van der Waals surface area contributed by atoms with E-state index in [1.165, 1.54) is 18.9 Å². The molecule has 0 saturated carbocycles. The van der Waals surface area contributed by atoms with Crippen LogP contribution in [0.1, 0.15) is 27.4 Å². The highest BCUT2D eigenvalue weighted by Gasteiger charge is 2.11. The minimum atomic E-state index is -0.433. The molecular weight excluding hydrogens is 318 g/mol. The third-order valence-electron chi connectivity index (χ3n) is 3.15. The average Bonchev–Trinajstić information content (AvgIpc) is 2.86. The zero-order valence-corrected chi connectivity index (χ0v) is 13.9. The molecule has 0 amide bonds. The lowest BCUT2D eigenvalue weighted by atomic mass is 10.2. The standard InChI is InChI=1S/C16H17NO5S/c1-10-14(11(2)22-17-10)8-23-9-15(18)21-13-6-4-12(5-7-13)16(19)20-3/h4-7H,8-9H2,1-3H3. The monoisotopic (exact) mass is 335 g/mol. The van der Waals surface area contributed by atoms with E-state index in [0.717, 1.165) is 17.0 Å². The molecular formula is C16H17NO5S. The summed E-state index contributed by atoms with van der Waals surface area (Å²) in [5, 5.41) is 3.87. The second kappa shape index (κ2) is 7.82. The SMILES string of the molecule is COC(=O)c1ccc(OC(=O)CSCc2c(C)noc2C)cc1. The normalized spacial score (nSPS) is 10.4. The lowest BCUT2D eigenvalue weighted by Crippen LogP contribution is -2.11. The Labute approximate surface area is 138 Å². The minimum Gasteiger partial charge on any atom is -0.465 e. The fourth-order valence-electron chi connectivity index (χ4n) is 1.88. The Balaban J connectivity index is 1.82. The smallest absolute Gasteiger partial charge is 0.337 e. The molecule has 0 aliphatic carbocycles. The molecule has 0 radical (unpaired) electrons. The molecule has 2 rings (SSSR count). The van der Waals surface area contributed by atoms with Crippen molar-refractivity contribution < 1.29 is 23.6 Å². The van der Waals surface area contributed by atoms with Gasteiger partial charge in [0.1, 0.15) is 11.5 Å². The van der Waals surface area contributed by atoms with Crippen LogP contribution in [0.4, 0.5) is 0 Å². The van der Waals surface area contributed by atoms with Crippen molar-refractivity contribution in [2.24, 2.45) is 0 Å². The number of methoxy groups -OCH3 is 1. The number of thioether (sulfide) groups is 1. The van der Waals surface area contributed by atoms with Gasteiger partial charge in [0.25, 0.3) is 0 Å². The minimum absolute atomic E-state index is 0.211. The number of rotatable bonds is 6. The number of benzene rings is 1. The summed E-state index contributed by atoms with van der Waals surface area (Å²) in [7, 11) is 1.31. The van der Waals surface area contributed by atoms with E-state index in [1.807, 2.05) is 13.8 Å². The van der Waals surface area contributed by atoms with Crippen LogP contribution in [0.5, 0.6) is 5.75 Å². The zero-order chi connectivity index (χ0) is 16.8. The first kappa shape index (κ1) is 17.1. The maximum absolute atomic E-state index is 11.8. The maximum Gasteiger partial charge on any atom is 0.337 e. The van der Waals surface area contributed by atoms with Crippen molar-refractivity contribution in [3.05, 3.63) is 46.8 Å². The van der Waals surface area contributed by atoms with Crippen molar-refractivity contribution in [1.82, 2.24) is 5.16 Å². The summed E-state index contributed by atoms with van der Waals surface area (Å²) in [5.74, 6) is 1.22. The first-order valence-corrected chi connectivity index (χ1v) is 8.05. The average molecular weight is 335 g/mol. The highest BCUT2D eigenvalue weighted by atomic mass is 32.2. The summed E-state index contributed by atoms with van der Waals surface area (Å²) in [6.07, 6.45) is 0. The number of esters is 2. The summed E-state index contributed by atoms with van der Waals surface area (Å²) < 4.78 is 14.9. The number of carbonyl (C=O) groups is 2. The number of carbonyl (C=O) groups excluding carboxylic acids is 2. The van der Waals surface area contributed by atoms with E-state index in [1.54, 1.807) is 24.3 Å². The van der Waals surface area contributed by atoms with Crippen molar-refractivity contribution in [3.63, 3.8) is 0 Å². The number of nitrogens with zero attached hydrogens (tertiary/aromatic N) is 1. The Bertz CT molecular complexity index is 673. The number of aromatic nitrogens is 1. The summed E-state index contributed by atoms with van der Waals surface area (Å²) in [5.41, 5.74) is 2.24. The number of ether oxygens (including phenoxy) is 2. The predicted molar refractivity (Wildman–Crippen MR) is 85.6 cm³/mol. The molecule has 0 unspecified atom stereocenters. The van der Waals surface area contributed by atoms with Gasteiger partial charge in [0.15, 0.2) is 0 Å². The Morgan fingerprint density at radius 1 is 1.22 bits per heavy atom. The second-order valence-corrected chi connectivity index (χ2v) is 5.77. The van der Waals surface area contributed by atoms with Gasteiger partial charge in [-0.05, 0) is 38.1 Å². The fourth-order valence-corrected chi connectivity index (χ4v) is 2.83. The van der Waals surface area contributed by atoms with Crippen molar-refractivity contribution in [2.75, 3.05) is 12.9 Å². The molecule has 1 heterocycles. The first-order chi connectivity index (χ1) is 11.0. The van der Waals surface area contributed by atoms with Crippen LogP contribution >= 0.6 is 11.8 Å². The third-order valence-corrected chi connectivity index (χ3v) is 4.09. The molecule has 0 N–H and O–H groups in total. The van der Waals surface area contributed by atoms with Crippen LogP contribution in [-0.4, -0.2) is 30.0 Å². The van der Waals surface area contributed by atoms with Gasteiger partial charge in [-0.3, -0.25) is 4.79 Å². The zero-order valence-electron chi connectivity index (χ0n) is 13.1. The molecule has 0 bridgehead atoms. The quantitative estimate of drug-likeness (QED) is 0.593. The summed E-state index contributed by atoms with van der Waals surface area (Å²) >= 11 is 1.43. The molecule has 23 heavy (non-hydrogen) atoms. The van der Waals surface area contributed by atoms with Crippen molar-refractivity contribution in [3.8, 4) is 5.75 Å². The van der Waals surface area contributed by atoms with E-state index >= 15 is 0 Å². The predicted octanol–water partition coefficient (Wildman–Crippen LogP) is 2.92. The molecule has 122 valence electrons. The lowest BCUT2D eigenvalue weighted by molar-refractivity contribution is -0.131. The van der Waals surface area contributed by atoms with Gasteiger partial charge >= 0.3 is 11.9 Å². The summed E-state index contributed by atoms with van der Waals surface area (Å²) in [6, 6.07) is 6.21. The van der Waals surface area contributed by atoms with E-state index in [9.17, 15) is 9.59 Å². The maximum atomic E-state index is 11.8. The largest absolute Gasteiger partial charge is 0.465 e. The number of hydrogen-bond donors (Lipinski definition) is 0. The molecule has 0 aliphatic rings. The Morgan fingerprint density at radius 3 is 2.48 bits per heavy atom. The molecule has 7 heteroatoms. The summed E-state index contributed by atoms with van der Waals surface area (Å²) in [4.78, 5) is 23.1. The van der Waals surface area contributed by atoms with Crippen LogP contribution in [0.2, 0.25) is 0 Å². The van der Waals surface area contributed by atoms with E-state index in [4.69, 9.17) is 9.26 Å². The van der Waals surface area contributed by atoms with Gasteiger partial charge in [0.2, 0.25) is 0 Å². The number of aryl methyl sites for hydroxylation is 2. The molecule has 1 aromatic heterocycles. The van der Waals surface area contributed by atoms with Gasteiger partial charge in [0, 0.05) is 11.3 Å². The van der Waals surface area contributed by atoms with E-state index in [0.29, 0.717) is 17.1 Å². The molecule has 1 aromatic carbocycles. The molecule has 6 nitrogen and oxygen atoms in total. The van der Waals surface area contributed by atoms with Gasteiger partial charge < -0.3 is 14.0 Å². The molecule has 0 aliphatic heterocycles. The Hall–Kier alpha value is -2.28. The van der Waals surface area contributed by atoms with Crippen molar-refractivity contribution in [1.29, 1.82) is 0 Å². The topological polar surface area (TPSA) is 78.6 Å². The van der Waals surface area contributed by atoms with Crippen molar-refractivity contribution in [2.45, 2.75) is 19.6 Å². The van der Waals surface area contributed by atoms with Gasteiger partial charge in [-0.1, -0.05) is 5.16 Å². The number of hydrogen-bond acceptors (Lipinski definition) is 7. The molecule has 0 fully saturated rings. The van der Waals surface area contributed by atoms with Gasteiger partial charge in [-0.15, -0.1) is 11.8 Å². The highest BCUT2D eigenvalue weighted by Crippen LogP contribution is 2.20. The Kier molecular flexibility index (Phi) is 5.81. The van der Waals surface area contributed by atoms with Gasteiger partial charge in [0.05, 0.1) is 24.1 Å². The van der Waals surface area contributed by atoms with Gasteiger partial charge in [-0.2, -0.15) is 0 Å². The molecule has 0 atom stereocenters. The Morgan fingerprint density at radius 2 is 1.91 bits per heavy atom. The van der Waals surface area contributed by atoms with Crippen LogP contribution in [-0.2, 0) is 15.3 Å². The van der Waals surface area contributed by atoms with E-state index in [-0.39, 0.29) is 11.7 Å². The molecule has 0 spiro atoms. The second-order valence-electron chi connectivity index (χ2n) is 4.79. The van der Waals surface area contributed by atoms with Crippen LogP contribution in [0.15, 0.2) is 28.8 Å². The highest BCUT2D eigenvalue weighted by molar-refractivity contribution is 7.99. The molecule has 2 aromatic rings. The van der Waals surface area contributed by atoms with Crippen LogP contribution < -0.4 is 4.74 Å². The van der Waals surface area contributed by atoms with Crippen LogP contribution in [0.3, 0.4) is 0 Å². The third kappa shape index (κ3) is 4.59. The molecule has 0 saturated heterocycles. The van der Waals surface area contributed by atoms with E-state index in [2.05, 4.69) is 9.89 Å². The van der Waals surface area contributed by atoms with Crippen LogP contribution in [0.25, 0.3) is 0 Å². The summed E-state index contributed by atoms with van der Waals surface area (Å²) in [6.45, 7) is 3.71. The van der Waals surface area contributed by atoms with E-state index < -0.39 is 5.97 Å². The van der Waals surface area contributed by atoms with Crippen molar-refractivity contribution >= 4 is 23.7 Å². The van der Waals surface area contributed by atoms with Gasteiger partial charge in [-0.25, -0.2) is 4.79 Å². The lowest BCUT2D eigenvalue weighted by Gasteiger charge is -2.05. The van der Waals surface area contributed by atoms with Crippen LogP contribution in [0, 0.1) is 13.8 Å². The first-order valence-electron chi connectivity index (χ1n) is 6.89.